The zero-order chi connectivity index (χ0) is 24.0. The summed E-state index contributed by atoms with van der Waals surface area (Å²) in [6.45, 7) is -1.18. The van der Waals surface area contributed by atoms with E-state index >= 15 is 0 Å². The summed E-state index contributed by atoms with van der Waals surface area (Å²) in [6, 6.07) is 19.0. The van der Waals surface area contributed by atoms with E-state index < -0.39 is 12.7 Å². The smallest absolute Gasteiger partial charge is 0.333 e. The molecule has 6 rings (SSSR count). The maximum Gasteiger partial charge on any atom is 0.408 e. The molecule has 35 heavy (non-hydrogen) atoms. The third kappa shape index (κ3) is 4.41. The van der Waals surface area contributed by atoms with Crippen LogP contribution < -0.4 is 0 Å². The molecule has 0 spiro atoms. The van der Waals surface area contributed by atoms with Crippen molar-refractivity contribution in [2.45, 2.75) is 41.7 Å². The van der Waals surface area contributed by atoms with E-state index in [0.29, 0.717) is 28.0 Å². The Hall–Kier alpha value is -3.66. The SMILES string of the molecule is FC(F)(F)Cn1nc(-c2ccnc(Sc3nc4ccccc4[nH]3)c2)nc1[C@@H]1CCc2ccccc21. The molecule has 176 valence electrons. The van der Waals surface area contributed by atoms with Crippen LogP contribution in [0.25, 0.3) is 22.4 Å². The molecule has 1 aliphatic carbocycles. The zero-order valence-electron chi connectivity index (χ0n) is 18.3. The van der Waals surface area contributed by atoms with E-state index in [0.717, 1.165) is 33.3 Å². The van der Waals surface area contributed by atoms with Gasteiger partial charge in [-0.25, -0.2) is 19.6 Å². The number of nitrogens with one attached hydrogen (secondary N) is 1. The second-order valence-corrected chi connectivity index (χ2v) is 9.41. The third-order valence-electron chi connectivity index (χ3n) is 6.04. The second kappa shape index (κ2) is 8.53. The van der Waals surface area contributed by atoms with Gasteiger partial charge < -0.3 is 4.98 Å². The summed E-state index contributed by atoms with van der Waals surface area (Å²) in [5, 5.41) is 5.61. The van der Waals surface area contributed by atoms with Gasteiger partial charge in [-0.05, 0) is 60.0 Å². The highest BCUT2D eigenvalue weighted by molar-refractivity contribution is 7.99. The molecule has 0 saturated carbocycles. The van der Waals surface area contributed by atoms with Crippen molar-refractivity contribution < 1.29 is 13.2 Å². The highest BCUT2D eigenvalue weighted by atomic mass is 32.2. The van der Waals surface area contributed by atoms with Crippen molar-refractivity contribution in [3.8, 4) is 11.4 Å². The molecule has 0 bridgehead atoms. The van der Waals surface area contributed by atoms with Gasteiger partial charge in [0.25, 0.3) is 0 Å². The summed E-state index contributed by atoms with van der Waals surface area (Å²) in [6.07, 6.45) is -1.28. The maximum absolute atomic E-state index is 13.4. The molecule has 0 aliphatic heterocycles. The highest BCUT2D eigenvalue weighted by Gasteiger charge is 2.34. The van der Waals surface area contributed by atoms with E-state index in [4.69, 9.17) is 0 Å². The fourth-order valence-corrected chi connectivity index (χ4v) is 5.33. The predicted molar refractivity (Wildman–Crippen MR) is 126 cm³/mol. The number of nitrogens with zero attached hydrogens (tertiary/aromatic N) is 5. The molecule has 6 nitrogen and oxygen atoms in total. The Morgan fingerprint density at radius 3 is 2.71 bits per heavy atom. The quantitative estimate of drug-likeness (QED) is 0.325. The van der Waals surface area contributed by atoms with E-state index in [-0.39, 0.29) is 11.7 Å². The van der Waals surface area contributed by atoms with Gasteiger partial charge in [0.05, 0.1) is 11.0 Å². The fraction of sp³-hybridized carbons (Fsp3) is 0.200. The van der Waals surface area contributed by atoms with Crippen molar-refractivity contribution in [1.29, 1.82) is 0 Å². The first-order valence-corrected chi connectivity index (χ1v) is 11.9. The van der Waals surface area contributed by atoms with E-state index in [1.807, 2.05) is 48.5 Å². The van der Waals surface area contributed by atoms with Crippen molar-refractivity contribution >= 4 is 22.8 Å². The minimum Gasteiger partial charge on any atom is -0.333 e. The molecule has 0 saturated heterocycles. The number of para-hydroxylation sites is 2. The highest BCUT2D eigenvalue weighted by Crippen LogP contribution is 2.38. The summed E-state index contributed by atoms with van der Waals surface area (Å²) in [5.74, 6) is 0.370. The Labute approximate surface area is 202 Å². The lowest BCUT2D eigenvalue weighted by Crippen LogP contribution is -2.21. The molecule has 3 heterocycles. The average Bonchev–Trinajstić information content (AvgIpc) is 3.54. The molecule has 0 unspecified atom stereocenters. The Kier molecular flexibility index (Phi) is 5.32. The Morgan fingerprint density at radius 1 is 1.03 bits per heavy atom. The summed E-state index contributed by atoms with van der Waals surface area (Å²) in [7, 11) is 0. The minimum absolute atomic E-state index is 0.221. The van der Waals surface area contributed by atoms with E-state index in [1.54, 1.807) is 18.3 Å². The van der Waals surface area contributed by atoms with Gasteiger partial charge in [0.2, 0.25) is 0 Å². The Bertz CT molecular complexity index is 1490. The standard InChI is InChI=1S/C25H19F3N6S/c26-25(27,28)14-34-23(18-10-9-15-5-1-2-6-17(15)18)32-22(33-34)16-11-12-29-21(13-16)35-24-30-19-7-3-4-8-20(19)31-24/h1-8,11-13,18H,9-10,14H2,(H,30,31)/t18-/m1/s1. The molecule has 5 aromatic rings. The Balaban J connectivity index is 1.35. The van der Waals surface area contributed by atoms with Gasteiger partial charge in [0.15, 0.2) is 11.0 Å². The lowest BCUT2D eigenvalue weighted by Gasteiger charge is -2.14. The van der Waals surface area contributed by atoms with Crippen molar-refractivity contribution in [3.05, 3.63) is 83.8 Å². The van der Waals surface area contributed by atoms with Crippen LogP contribution >= 0.6 is 11.8 Å². The number of alkyl halides is 3. The molecule has 1 atom stereocenters. The lowest BCUT2D eigenvalue weighted by atomic mass is 10.0. The lowest BCUT2D eigenvalue weighted by molar-refractivity contribution is -0.143. The van der Waals surface area contributed by atoms with Crippen molar-refractivity contribution in [3.63, 3.8) is 0 Å². The van der Waals surface area contributed by atoms with Gasteiger partial charge in [-0.3, -0.25) is 0 Å². The number of halogens is 3. The number of aromatic nitrogens is 6. The van der Waals surface area contributed by atoms with E-state index in [1.165, 1.54) is 11.8 Å². The summed E-state index contributed by atoms with van der Waals surface area (Å²) in [5.41, 5.74) is 4.53. The Morgan fingerprint density at radius 2 is 1.86 bits per heavy atom. The van der Waals surface area contributed by atoms with Crippen LogP contribution in [0.4, 0.5) is 13.2 Å². The number of fused-ring (bicyclic) bond motifs is 2. The topological polar surface area (TPSA) is 72.3 Å². The van der Waals surface area contributed by atoms with E-state index in [9.17, 15) is 13.2 Å². The molecular weight excluding hydrogens is 473 g/mol. The summed E-state index contributed by atoms with van der Waals surface area (Å²) >= 11 is 1.34. The molecule has 3 aromatic heterocycles. The maximum atomic E-state index is 13.4. The van der Waals surface area contributed by atoms with Gasteiger partial charge >= 0.3 is 6.18 Å². The van der Waals surface area contributed by atoms with Gasteiger partial charge in [-0.2, -0.15) is 18.3 Å². The van der Waals surface area contributed by atoms with Crippen LogP contribution in [-0.4, -0.2) is 35.9 Å². The fourth-order valence-electron chi connectivity index (χ4n) is 4.53. The number of imidazole rings is 1. The van der Waals surface area contributed by atoms with Crippen LogP contribution in [0.1, 0.15) is 29.3 Å². The average molecular weight is 493 g/mol. The summed E-state index contributed by atoms with van der Waals surface area (Å²) < 4.78 is 41.2. The van der Waals surface area contributed by atoms with Crippen molar-refractivity contribution in [2.24, 2.45) is 0 Å². The molecule has 2 aromatic carbocycles. The van der Waals surface area contributed by atoms with Gasteiger partial charge in [-0.15, -0.1) is 0 Å². The number of aromatic amines is 1. The molecular formula is C25H19F3N6S. The number of H-pyrrole nitrogens is 1. The third-order valence-corrected chi connectivity index (χ3v) is 6.85. The number of rotatable bonds is 5. The van der Waals surface area contributed by atoms with Gasteiger partial charge in [0.1, 0.15) is 17.4 Å². The molecule has 0 fully saturated rings. The molecule has 10 heteroatoms. The predicted octanol–water partition coefficient (Wildman–Crippen LogP) is 6.01. The molecule has 0 amide bonds. The van der Waals surface area contributed by atoms with Crippen LogP contribution in [0, 0.1) is 0 Å². The van der Waals surface area contributed by atoms with E-state index in [2.05, 4.69) is 25.0 Å². The van der Waals surface area contributed by atoms with Crippen molar-refractivity contribution in [1.82, 2.24) is 29.7 Å². The largest absolute Gasteiger partial charge is 0.408 e. The monoisotopic (exact) mass is 492 g/mol. The molecule has 0 radical (unpaired) electrons. The van der Waals surface area contributed by atoms with Gasteiger partial charge in [-0.1, -0.05) is 36.4 Å². The summed E-state index contributed by atoms with van der Waals surface area (Å²) in [4.78, 5) is 16.8. The second-order valence-electron chi connectivity index (χ2n) is 8.40. The van der Waals surface area contributed by atoms with Crippen LogP contribution in [0.5, 0.6) is 0 Å². The zero-order valence-corrected chi connectivity index (χ0v) is 19.1. The van der Waals surface area contributed by atoms with Crippen LogP contribution in [-0.2, 0) is 13.0 Å². The van der Waals surface area contributed by atoms with Crippen LogP contribution in [0.15, 0.2) is 77.0 Å². The van der Waals surface area contributed by atoms with Gasteiger partial charge in [0, 0.05) is 17.7 Å². The first-order chi connectivity index (χ1) is 16.9. The number of hydrogen-bond donors (Lipinski definition) is 1. The minimum atomic E-state index is -4.40. The molecule has 1 aliphatic rings. The molecule has 1 N–H and O–H groups in total. The number of pyridine rings is 1. The first kappa shape index (κ1) is 21.8. The number of hydrogen-bond acceptors (Lipinski definition) is 5. The number of aryl methyl sites for hydroxylation is 1. The number of benzene rings is 2. The van der Waals surface area contributed by atoms with Crippen LogP contribution in [0.2, 0.25) is 0 Å². The normalized spacial score (nSPS) is 15.6. The van der Waals surface area contributed by atoms with Crippen LogP contribution in [0.3, 0.4) is 0 Å². The van der Waals surface area contributed by atoms with Crippen molar-refractivity contribution in [2.75, 3.05) is 0 Å². The first-order valence-electron chi connectivity index (χ1n) is 11.1.